The second-order valence-corrected chi connectivity index (χ2v) is 4.03. The van der Waals surface area contributed by atoms with Gasteiger partial charge in [-0.05, 0) is 19.4 Å². The molecule has 1 N–H and O–H groups in total. The first-order valence-electron chi connectivity index (χ1n) is 5.25. The summed E-state index contributed by atoms with van der Waals surface area (Å²) >= 11 is 0. The third kappa shape index (κ3) is 3.16. The number of alkyl halides is 3. The van der Waals surface area contributed by atoms with E-state index in [-0.39, 0.29) is 12.4 Å². The molecule has 1 unspecified atom stereocenters. The molecule has 0 saturated carbocycles. The van der Waals surface area contributed by atoms with Gasteiger partial charge < -0.3 is 9.52 Å². The Morgan fingerprint density at radius 2 is 2.18 bits per heavy atom. The summed E-state index contributed by atoms with van der Waals surface area (Å²) in [6.07, 6.45) is -3.52. The summed E-state index contributed by atoms with van der Waals surface area (Å²) in [5, 5.41) is 15.7. The van der Waals surface area contributed by atoms with Gasteiger partial charge in [0.15, 0.2) is 0 Å². The molecular formula is C9H12F3N3O2. The lowest BCUT2D eigenvalue weighted by Gasteiger charge is -2.28. The summed E-state index contributed by atoms with van der Waals surface area (Å²) in [4.78, 5) is 1.79. The fourth-order valence-corrected chi connectivity index (χ4v) is 1.80. The number of aliphatic hydroxyl groups is 1. The molecule has 1 aliphatic rings. The Labute approximate surface area is 95.2 Å². The van der Waals surface area contributed by atoms with Gasteiger partial charge in [-0.3, -0.25) is 4.90 Å². The van der Waals surface area contributed by atoms with E-state index < -0.39 is 18.2 Å². The van der Waals surface area contributed by atoms with Crippen LogP contribution in [0.4, 0.5) is 13.2 Å². The van der Waals surface area contributed by atoms with Gasteiger partial charge in [-0.1, -0.05) is 0 Å². The molecule has 0 aliphatic carbocycles. The van der Waals surface area contributed by atoms with E-state index in [1.165, 1.54) is 0 Å². The van der Waals surface area contributed by atoms with Gasteiger partial charge in [-0.15, -0.1) is 10.2 Å². The minimum absolute atomic E-state index is 0.0774. The lowest BCUT2D eigenvalue weighted by molar-refractivity contribution is -0.157. The molecule has 8 heteroatoms. The van der Waals surface area contributed by atoms with Crippen molar-refractivity contribution in [1.29, 1.82) is 0 Å². The van der Waals surface area contributed by atoms with E-state index >= 15 is 0 Å². The summed E-state index contributed by atoms with van der Waals surface area (Å²) in [7, 11) is 0. The second-order valence-electron chi connectivity index (χ2n) is 4.03. The average Bonchev–Trinajstić information content (AvgIpc) is 2.65. The summed E-state index contributed by atoms with van der Waals surface area (Å²) in [5.74, 6) is -1.41. The first-order valence-corrected chi connectivity index (χ1v) is 5.25. The van der Waals surface area contributed by atoms with Crippen LogP contribution in [0, 0.1) is 0 Å². The molecule has 17 heavy (non-hydrogen) atoms. The van der Waals surface area contributed by atoms with Crippen molar-refractivity contribution in [3.8, 4) is 0 Å². The predicted molar refractivity (Wildman–Crippen MR) is 49.8 cm³/mol. The van der Waals surface area contributed by atoms with E-state index in [2.05, 4.69) is 14.6 Å². The summed E-state index contributed by atoms with van der Waals surface area (Å²) in [5.41, 5.74) is 0. The Bertz CT molecular complexity index is 380. The zero-order valence-corrected chi connectivity index (χ0v) is 8.94. The van der Waals surface area contributed by atoms with Gasteiger partial charge in [0.1, 0.15) is 0 Å². The average molecular weight is 251 g/mol. The number of hydrogen-bond acceptors (Lipinski definition) is 5. The van der Waals surface area contributed by atoms with Crippen molar-refractivity contribution in [3.05, 3.63) is 11.8 Å². The Morgan fingerprint density at radius 1 is 1.41 bits per heavy atom. The second kappa shape index (κ2) is 4.61. The molecule has 5 nitrogen and oxygen atoms in total. The lowest BCUT2D eigenvalue weighted by Crippen LogP contribution is -2.37. The van der Waals surface area contributed by atoms with Crippen molar-refractivity contribution in [3.63, 3.8) is 0 Å². The zero-order valence-electron chi connectivity index (χ0n) is 8.94. The maximum atomic E-state index is 12.2. The standard InChI is InChI=1S/C9H12F3N3O2/c10-9(11,12)8-14-13-7(17-8)5-15-3-1-2-6(16)4-15/h6,16H,1-5H2. The van der Waals surface area contributed by atoms with E-state index in [0.717, 1.165) is 6.42 Å². The largest absolute Gasteiger partial charge is 0.470 e. The number of nitrogens with zero attached hydrogens (tertiary/aromatic N) is 3. The summed E-state index contributed by atoms with van der Waals surface area (Å²) in [6, 6.07) is 0. The van der Waals surface area contributed by atoms with Crippen molar-refractivity contribution >= 4 is 0 Å². The number of aromatic nitrogens is 2. The van der Waals surface area contributed by atoms with Gasteiger partial charge in [0, 0.05) is 6.54 Å². The Hall–Kier alpha value is -1.15. The van der Waals surface area contributed by atoms with Crippen LogP contribution in [0.3, 0.4) is 0 Å². The number of β-amino-alcohol motifs (C(OH)–C–C–N with tert-alkyl or cyclic N) is 1. The first kappa shape index (κ1) is 12.3. The minimum atomic E-state index is -4.60. The topological polar surface area (TPSA) is 62.4 Å². The molecule has 1 atom stereocenters. The molecule has 96 valence electrons. The highest BCUT2D eigenvalue weighted by atomic mass is 19.4. The molecule has 1 saturated heterocycles. The van der Waals surface area contributed by atoms with Crippen LogP contribution in [0.1, 0.15) is 24.6 Å². The molecule has 2 rings (SSSR count). The number of likely N-dealkylation sites (tertiary alicyclic amines) is 1. The number of rotatable bonds is 2. The van der Waals surface area contributed by atoms with Crippen LogP contribution in [0.5, 0.6) is 0 Å². The number of piperidine rings is 1. The molecule has 0 aromatic carbocycles. The van der Waals surface area contributed by atoms with Crippen LogP contribution < -0.4 is 0 Å². The van der Waals surface area contributed by atoms with E-state index in [9.17, 15) is 18.3 Å². The molecule has 0 amide bonds. The molecule has 0 radical (unpaired) electrons. The third-order valence-corrected chi connectivity index (χ3v) is 2.55. The lowest BCUT2D eigenvalue weighted by atomic mass is 10.1. The predicted octanol–water partition coefficient (Wildman–Crippen LogP) is 1.05. The van der Waals surface area contributed by atoms with Crippen molar-refractivity contribution in [2.45, 2.75) is 31.7 Å². The van der Waals surface area contributed by atoms with Crippen LogP contribution in [-0.2, 0) is 12.7 Å². The van der Waals surface area contributed by atoms with E-state index in [1.807, 2.05) is 0 Å². The highest BCUT2D eigenvalue weighted by molar-refractivity contribution is 4.87. The summed E-state index contributed by atoms with van der Waals surface area (Å²) < 4.78 is 41.1. The van der Waals surface area contributed by atoms with Crippen molar-refractivity contribution in [2.24, 2.45) is 0 Å². The van der Waals surface area contributed by atoms with Crippen molar-refractivity contribution in [2.75, 3.05) is 13.1 Å². The zero-order chi connectivity index (χ0) is 12.5. The molecule has 1 fully saturated rings. The minimum Gasteiger partial charge on any atom is -0.416 e. The van der Waals surface area contributed by atoms with E-state index in [1.54, 1.807) is 4.90 Å². The first-order chi connectivity index (χ1) is 7.95. The van der Waals surface area contributed by atoms with Gasteiger partial charge in [0.2, 0.25) is 5.89 Å². The number of aliphatic hydroxyl groups excluding tert-OH is 1. The van der Waals surface area contributed by atoms with Crippen LogP contribution >= 0.6 is 0 Å². The fraction of sp³-hybridized carbons (Fsp3) is 0.778. The highest BCUT2D eigenvalue weighted by Gasteiger charge is 2.38. The maximum absolute atomic E-state index is 12.2. The summed E-state index contributed by atoms with van der Waals surface area (Å²) in [6.45, 7) is 1.27. The van der Waals surface area contributed by atoms with Gasteiger partial charge in [-0.25, -0.2) is 0 Å². The van der Waals surface area contributed by atoms with Crippen LogP contribution in [0.2, 0.25) is 0 Å². The van der Waals surface area contributed by atoms with Crippen LogP contribution in [-0.4, -0.2) is 39.4 Å². The smallest absolute Gasteiger partial charge is 0.416 e. The molecule has 2 heterocycles. The monoisotopic (exact) mass is 251 g/mol. The maximum Gasteiger partial charge on any atom is 0.470 e. The molecule has 0 bridgehead atoms. The third-order valence-electron chi connectivity index (χ3n) is 2.55. The van der Waals surface area contributed by atoms with Crippen molar-refractivity contribution in [1.82, 2.24) is 15.1 Å². The molecular weight excluding hydrogens is 239 g/mol. The van der Waals surface area contributed by atoms with E-state index in [4.69, 9.17) is 0 Å². The van der Waals surface area contributed by atoms with Gasteiger partial charge in [0.25, 0.3) is 0 Å². The highest BCUT2D eigenvalue weighted by Crippen LogP contribution is 2.28. The molecule has 1 aliphatic heterocycles. The van der Waals surface area contributed by atoms with Crippen molar-refractivity contribution < 1.29 is 22.7 Å². The Kier molecular flexibility index (Phi) is 3.34. The van der Waals surface area contributed by atoms with Gasteiger partial charge in [0.05, 0.1) is 12.6 Å². The fourth-order valence-electron chi connectivity index (χ4n) is 1.80. The van der Waals surface area contributed by atoms with Crippen LogP contribution in [0.25, 0.3) is 0 Å². The molecule has 1 aromatic rings. The SMILES string of the molecule is OC1CCCN(Cc2nnc(C(F)(F)F)o2)C1. The quantitative estimate of drug-likeness (QED) is 0.851. The van der Waals surface area contributed by atoms with Gasteiger partial charge >= 0.3 is 12.1 Å². The molecule has 0 spiro atoms. The Balaban J connectivity index is 1.97. The van der Waals surface area contributed by atoms with Crippen LogP contribution in [0.15, 0.2) is 4.42 Å². The van der Waals surface area contributed by atoms with E-state index in [0.29, 0.717) is 19.5 Å². The number of halogens is 3. The Morgan fingerprint density at radius 3 is 2.76 bits per heavy atom. The number of hydrogen-bond donors (Lipinski definition) is 1. The molecule has 1 aromatic heterocycles. The normalized spacial score (nSPS) is 22.9. The van der Waals surface area contributed by atoms with Gasteiger partial charge in [-0.2, -0.15) is 13.2 Å².